The number of hydrogen-bond donors (Lipinski definition) is 0. The Morgan fingerprint density at radius 2 is 1.95 bits per heavy atom. The summed E-state index contributed by atoms with van der Waals surface area (Å²) in [6.45, 7) is 1.88. The molecule has 1 aliphatic heterocycles. The van der Waals surface area contributed by atoms with Crippen LogP contribution < -0.4 is 4.90 Å². The maximum Gasteiger partial charge on any atom is 0.299 e. The number of aryl methyl sites for hydroxylation is 1. The fraction of sp³-hybridized carbons (Fsp3) is 0.154. The van der Waals surface area contributed by atoms with Crippen molar-refractivity contribution in [2.45, 2.75) is 13.5 Å². The number of rotatable bonds is 2. The van der Waals surface area contributed by atoms with E-state index in [0.717, 1.165) is 22.7 Å². The first-order valence-electron chi connectivity index (χ1n) is 5.73. The van der Waals surface area contributed by atoms with Gasteiger partial charge >= 0.3 is 0 Å². The van der Waals surface area contributed by atoms with Crippen molar-refractivity contribution in [1.29, 1.82) is 0 Å². The Balaban J connectivity index is 2.03. The smallest absolute Gasteiger partial charge is 0.298 e. The van der Waals surface area contributed by atoms with Crippen LogP contribution in [-0.2, 0) is 11.3 Å². The summed E-state index contributed by atoms with van der Waals surface area (Å²) in [4.78, 5) is 29.0. The van der Waals surface area contributed by atoms with Gasteiger partial charge in [-0.2, -0.15) is 0 Å². The molecule has 1 aromatic carbocycles. The number of anilines is 1. The van der Waals surface area contributed by atoms with Gasteiger partial charge in [-0.3, -0.25) is 14.5 Å². The Kier molecular flexibility index (Phi) is 2.86. The second kappa shape index (κ2) is 4.45. The molecule has 0 spiro atoms. The van der Waals surface area contributed by atoms with Crippen molar-refractivity contribution in [3.05, 3.63) is 45.4 Å². The van der Waals surface area contributed by atoms with Crippen molar-refractivity contribution in [2.75, 3.05) is 4.90 Å². The number of fused-ring (bicyclic) bond motifs is 1. The highest BCUT2D eigenvalue weighted by atomic mass is 32.1. The molecule has 1 aliphatic rings. The third kappa shape index (κ3) is 1.90. The number of benzene rings is 1. The number of carbonyl (C=O) groups excluding carboxylic acids is 2. The van der Waals surface area contributed by atoms with Gasteiger partial charge in [-0.05, 0) is 13.0 Å². The summed E-state index contributed by atoms with van der Waals surface area (Å²) in [6.07, 6.45) is 0. The molecule has 0 radical (unpaired) electrons. The number of aromatic nitrogens is 1. The van der Waals surface area contributed by atoms with Crippen LogP contribution in [0.15, 0.2) is 17.5 Å². The third-order valence-electron chi connectivity index (χ3n) is 2.97. The van der Waals surface area contributed by atoms with Crippen molar-refractivity contribution in [3.8, 4) is 0 Å². The molecule has 7 heteroatoms. The standard InChI is InChI=1S/C13H8F2N2O2S/c1-6-5-20-11(16-6)4-17-10-3-9(15)8(14)2-7(10)12(18)13(17)19/h2-3,5H,4H2,1H3. The maximum atomic E-state index is 13.3. The molecule has 3 rings (SSSR count). The zero-order valence-corrected chi connectivity index (χ0v) is 11.1. The fourth-order valence-corrected chi connectivity index (χ4v) is 2.82. The number of halogens is 2. The normalized spacial score (nSPS) is 14.1. The quantitative estimate of drug-likeness (QED) is 0.799. The number of thiazole rings is 1. The number of ketones is 1. The Morgan fingerprint density at radius 1 is 1.25 bits per heavy atom. The van der Waals surface area contributed by atoms with Crippen LogP contribution in [0, 0.1) is 18.6 Å². The Hall–Kier alpha value is -2.15. The molecule has 0 saturated carbocycles. The minimum Gasteiger partial charge on any atom is -0.298 e. The van der Waals surface area contributed by atoms with Gasteiger partial charge in [-0.1, -0.05) is 0 Å². The van der Waals surface area contributed by atoms with Crippen LogP contribution in [0.4, 0.5) is 14.5 Å². The predicted molar refractivity (Wildman–Crippen MR) is 68.7 cm³/mol. The lowest BCUT2D eigenvalue weighted by atomic mass is 10.1. The Labute approximate surface area is 116 Å². The van der Waals surface area contributed by atoms with Crippen LogP contribution >= 0.6 is 11.3 Å². The number of Topliss-reactive ketones (excluding diaryl/α,β-unsaturated/α-hetero) is 1. The molecule has 1 amide bonds. The van der Waals surface area contributed by atoms with Gasteiger partial charge in [0.15, 0.2) is 11.6 Å². The van der Waals surface area contributed by atoms with E-state index in [9.17, 15) is 18.4 Å². The number of nitrogens with zero attached hydrogens (tertiary/aromatic N) is 2. The highest BCUT2D eigenvalue weighted by Gasteiger charge is 2.37. The van der Waals surface area contributed by atoms with Gasteiger partial charge in [0.1, 0.15) is 5.01 Å². The van der Waals surface area contributed by atoms with E-state index in [2.05, 4.69) is 4.98 Å². The highest BCUT2D eigenvalue weighted by Crippen LogP contribution is 2.32. The van der Waals surface area contributed by atoms with Gasteiger partial charge < -0.3 is 0 Å². The molecule has 2 aromatic rings. The highest BCUT2D eigenvalue weighted by molar-refractivity contribution is 7.09. The lowest BCUT2D eigenvalue weighted by Crippen LogP contribution is -2.29. The summed E-state index contributed by atoms with van der Waals surface area (Å²) in [5, 5.41) is 2.44. The second-order valence-corrected chi connectivity index (χ2v) is 5.33. The molecule has 0 saturated heterocycles. The molecular formula is C13H8F2N2O2S. The molecule has 4 nitrogen and oxygen atoms in total. The van der Waals surface area contributed by atoms with Crippen molar-refractivity contribution >= 4 is 28.7 Å². The molecule has 0 N–H and O–H groups in total. The Morgan fingerprint density at radius 3 is 2.60 bits per heavy atom. The first-order chi connectivity index (χ1) is 9.47. The minimum absolute atomic E-state index is 0.0706. The van der Waals surface area contributed by atoms with Crippen LogP contribution in [-0.4, -0.2) is 16.7 Å². The zero-order chi connectivity index (χ0) is 14.4. The summed E-state index contributed by atoms with van der Waals surface area (Å²) in [5.74, 6) is -3.85. The van der Waals surface area contributed by atoms with Crippen molar-refractivity contribution in [3.63, 3.8) is 0 Å². The van der Waals surface area contributed by atoms with Crippen LogP contribution in [0.2, 0.25) is 0 Å². The average Bonchev–Trinajstić information content (AvgIpc) is 2.90. The third-order valence-corrected chi connectivity index (χ3v) is 3.92. The van der Waals surface area contributed by atoms with E-state index in [4.69, 9.17) is 0 Å². The Bertz CT molecular complexity index is 742. The van der Waals surface area contributed by atoms with Crippen molar-refractivity contribution in [2.24, 2.45) is 0 Å². The molecule has 0 unspecified atom stereocenters. The zero-order valence-electron chi connectivity index (χ0n) is 10.3. The lowest BCUT2D eigenvalue weighted by molar-refractivity contribution is -0.114. The predicted octanol–water partition coefficient (Wildman–Crippen LogP) is 2.46. The molecule has 0 fully saturated rings. The molecule has 20 heavy (non-hydrogen) atoms. The van der Waals surface area contributed by atoms with Gasteiger partial charge in [-0.25, -0.2) is 13.8 Å². The molecule has 1 aromatic heterocycles. The second-order valence-electron chi connectivity index (χ2n) is 4.39. The molecule has 102 valence electrons. The van der Waals surface area contributed by atoms with Crippen LogP contribution in [0.3, 0.4) is 0 Å². The van der Waals surface area contributed by atoms with Crippen LogP contribution in [0.5, 0.6) is 0 Å². The maximum absolute atomic E-state index is 13.3. The summed E-state index contributed by atoms with van der Waals surface area (Å²) in [6, 6.07) is 1.63. The molecular weight excluding hydrogens is 286 g/mol. The van der Waals surface area contributed by atoms with E-state index in [-0.39, 0.29) is 17.8 Å². The molecule has 0 atom stereocenters. The van der Waals surface area contributed by atoms with Gasteiger partial charge in [0.05, 0.1) is 17.8 Å². The summed E-state index contributed by atoms with van der Waals surface area (Å²) in [7, 11) is 0. The van der Waals surface area contributed by atoms with E-state index in [0.29, 0.717) is 5.01 Å². The minimum atomic E-state index is -1.14. The van der Waals surface area contributed by atoms with E-state index in [1.807, 2.05) is 5.38 Å². The van der Waals surface area contributed by atoms with Crippen LogP contribution in [0.25, 0.3) is 0 Å². The molecule has 0 bridgehead atoms. The van der Waals surface area contributed by atoms with Gasteiger partial charge in [0, 0.05) is 17.1 Å². The van der Waals surface area contributed by atoms with E-state index >= 15 is 0 Å². The van der Waals surface area contributed by atoms with E-state index in [1.165, 1.54) is 11.3 Å². The van der Waals surface area contributed by atoms with Gasteiger partial charge in [-0.15, -0.1) is 11.3 Å². The number of amides is 1. The summed E-state index contributed by atoms with van der Waals surface area (Å²) in [5.41, 5.74) is 0.780. The monoisotopic (exact) mass is 294 g/mol. The first kappa shape index (κ1) is 12.9. The summed E-state index contributed by atoms with van der Waals surface area (Å²) >= 11 is 1.34. The number of hydrogen-bond acceptors (Lipinski definition) is 4. The van der Waals surface area contributed by atoms with E-state index in [1.54, 1.807) is 6.92 Å². The molecule has 0 aliphatic carbocycles. The van der Waals surface area contributed by atoms with E-state index < -0.39 is 23.3 Å². The first-order valence-corrected chi connectivity index (χ1v) is 6.61. The average molecular weight is 294 g/mol. The topological polar surface area (TPSA) is 50.3 Å². The van der Waals surface area contributed by atoms with Crippen LogP contribution in [0.1, 0.15) is 21.1 Å². The van der Waals surface area contributed by atoms with Crippen molar-refractivity contribution in [1.82, 2.24) is 4.98 Å². The van der Waals surface area contributed by atoms with Gasteiger partial charge in [0.2, 0.25) is 0 Å². The summed E-state index contributed by atoms with van der Waals surface area (Å²) < 4.78 is 26.5. The van der Waals surface area contributed by atoms with Gasteiger partial charge in [0.25, 0.3) is 11.7 Å². The fourth-order valence-electron chi connectivity index (χ4n) is 2.06. The SMILES string of the molecule is Cc1csc(CN2C(=O)C(=O)c3cc(F)c(F)cc32)n1. The van der Waals surface area contributed by atoms with Crippen molar-refractivity contribution < 1.29 is 18.4 Å². The lowest BCUT2D eigenvalue weighted by Gasteiger charge is -2.14. The number of carbonyl (C=O) groups is 2. The molecule has 2 heterocycles. The largest absolute Gasteiger partial charge is 0.299 e.